The SMILES string of the molecule is CCC(C)NC(=O)CSc1nc2cc(Cl)ccc2c(=O)n1CC1CCCO1. The third-order valence-corrected chi connectivity index (χ3v) is 5.86. The van der Waals surface area contributed by atoms with Crippen molar-refractivity contribution in [3.05, 3.63) is 33.6 Å². The number of nitrogens with one attached hydrogen (secondary N) is 1. The van der Waals surface area contributed by atoms with Crippen LogP contribution in [0.25, 0.3) is 10.9 Å². The number of rotatable bonds is 7. The lowest BCUT2D eigenvalue weighted by Gasteiger charge is -2.17. The Morgan fingerprint density at radius 3 is 3.04 bits per heavy atom. The van der Waals surface area contributed by atoms with Crippen molar-refractivity contribution in [2.45, 2.75) is 57.0 Å². The Bertz CT molecular complexity index is 880. The minimum absolute atomic E-state index is 0.00235. The molecule has 1 aliphatic rings. The Morgan fingerprint density at radius 1 is 1.52 bits per heavy atom. The second kappa shape index (κ2) is 9.08. The summed E-state index contributed by atoms with van der Waals surface area (Å²) in [5, 5.41) is 4.49. The smallest absolute Gasteiger partial charge is 0.262 e. The van der Waals surface area contributed by atoms with Gasteiger partial charge in [-0.1, -0.05) is 30.3 Å². The third-order valence-electron chi connectivity index (χ3n) is 4.64. The number of aromatic nitrogens is 2. The molecule has 2 heterocycles. The predicted octanol–water partition coefficient (Wildman–Crippen LogP) is 3.24. The number of carbonyl (C=O) groups excluding carboxylic acids is 1. The topological polar surface area (TPSA) is 73.2 Å². The van der Waals surface area contributed by atoms with Gasteiger partial charge in [0.1, 0.15) is 0 Å². The van der Waals surface area contributed by atoms with E-state index in [2.05, 4.69) is 10.3 Å². The lowest BCUT2D eigenvalue weighted by Crippen LogP contribution is -2.34. The first-order chi connectivity index (χ1) is 13.0. The molecule has 2 atom stereocenters. The maximum absolute atomic E-state index is 13.0. The summed E-state index contributed by atoms with van der Waals surface area (Å²) < 4.78 is 7.33. The third kappa shape index (κ3) is 5.03. The number of thioether (sulfide) groups is 1. The molecule has 1 aliphatic heterocycles. The van der Waals surface area contributed by atoms with Crippen molar-refractivity contribution in [3.63, 3.8) is 0 Å². The first-order valence-electron chi connectivity index (χ1n) is 9.21. The van der Waals surface area contributed by atoms with Gasteiger partial charge in [0.05, 0.1) is 29.3 Å². The zero-order valence-corrected chi connectivity index (χ0v) is 17.1. The Hall–Kier alpha value is -1.57. The largest absolute Gasteiger partial charge is 0.376 e. The molecule has 0 saturated carbocycles. The number of nitrogens with zero attached hydrogens (tertiary/aromatic N) is 2. The minimum atomic E-state index is -0.128. The molecule has 27 heavy (non-hydrogen) atoms. The maximum Gasteiger partial charge on any atom is 0.262 e. The summed E-state index contributed by atoms with van der Waals surface area (Å²) in [6.07, 6.45) is 2.79. The number of hydrogen-bond acceptors (Lipinski definition) is 5. The van der Waals surface area contributed by atoms with Crippen molar-refractivity contribution in [1.82, 2.24) is 14.9 Å². The van der Waals surface area contributed by atoms with Gasteiger partial charge in [0, 0.05) is 17.7 Å². The fourth-order valence-corrected chi connectivity index (χ4v) is 3.97. The standard InChI is InChI=1S/C19H24ClN3O3S/c1-3-12(2)21-17(24)11-27-19-22-16-9-13(20)6-7-15(16)18(25)23(19)10-14-5-4-8-26-14/h6-7,9,12,14H,3-5,8,10-11H2,1-2H3,(H,21,24). The molecular weight excluding hydrogens is 386 g/mol. The summed E-state index contributed by atoms with van der Waals surface area (Å²) in [6, 6.07) is 5.19. The van der Waals surface area contributed by atoms with Crippen molar-refractivity contribution in [2.75, 3.05) is 12.4 Å². The zero-order chi connectivity index (χ0) is 19.4. The molecular formula is C19H24ClN3O3S. The Kier molecular flexibility index (Phi) is 6.78. The highest BCUT2D eigenvalue weighted by atomic mass is 35.5. The van der Waals surface area contributed by atoms with E-state index in [4.69, 9.17) is 16.3 Å². The second-order valence-corrected chi connectivity index (χ2v) is 8.15. The number of benzene rings is 1. The molecule has 146 valence electrons. The predicted molar refractivity (Wildman–Crippen MR) is 109 cm³/mol. The van der Waals surface area contributed by atoms with Gasteiger partial charge in [-0.05, 0) is 44.4 Å². The fraction of sp³-hybridized carbons (Fsp3) is 0.526. The van der Waals surface area contributed by atoms with Gasteiger partial charge in [-0.3, -0.25) is 14.2 Å². The molecule has 1 aromatic heterocycles. The fourth-order valence-electron chi connectivity index (χ4n) is 2.99. The maximum atomic E-state index is 13.0. The summed E-state index contributed by atoms with van der Waals surface area (Å²) in [6.45, 7) is 5.15. The number of hydrogen-bond donors (Lipinski definition) is 1. The lowest BCUT2D eigenvalue weighted by molar-refractivity contribution is -0.119. The molecule has 1 N–H and O–H groups in total. The molecule has 2 aromatic rings. The molecule has 3 rings (SSSR count). The van der Waals surface area contributed by atoms with Gasteiger partial charge in [0.2, 0.25) is 5.91 Å². The molecule has 1 amide bonds. The number of fused-ring (bicyclic) bond motifs is 1. The molecule has 1 fully saturated rings. The van der Waals surface area contributed by atoms with Crippen LogP contribution in [0.4, 0.5) is 0 Å². The molecule has 6 nitrogen and oxygen atoms in total. The van der Waals surface area contributed by atoms with Crippen LogP contribution in [0.1, 0.15) is 33.1 Å². The van der Waals surface area contributed by atoms with Crippen molar-refractivity contribution < 1.29 is 9.53 Å². The van der Waals surface area contributed by atoms with Crippen molar-refractivity contribution in [2.24, 2.45) is 0 Å². The van der Waals surface area contributed by atoms with E-state index in [1.165, 1.54) is 11.8 Å². The summed E-state index contributed by atoms with van der Waals surface area (Å²) in [5.41, 5.74) is 0.415. The van der Waals surface area contributed by atoms with Crippen LogP contribution in [0, 0.1) is 0 Å². The van der Waals surface area contributed by atoms with E-state index in [9.17, 15) is 9.59 Å². The highest BCUT2D eigenvalue weighted by Gasteiger charge is 2.21. The molecule has 0 aliphatic carbocycles. The van der Waals surface area contributed by atoms with Crippen molar-refractivity contribution >= 4 is 40.2 Å². The van der Waals surface area contributed by atoms with E-state index in [1.807, 2.05) is 13.8 Å². The van der Waals surface area contributed by atoms with E-state index in [1.54, 1.807) is 22.8 Å². The van der Waals surface area contributed by atoms with E-state index < -0.39 is 0 Å². The van der Waals surface area contributed by atoms with Gasteiger partial charge in [-0.2, -0.15) is 0 Å². The molecule has 2 unspecified atom stereocenters. The second-order valence-electron chi connectivity index (χ2n) is 6.77. The highest BCUT2D eigenvalue weighted by Crippen LogP contribution is 2.22. The quantitative estimate of drug-likeness (QED) is 0.561. The minimum Gasteiger partial charge on any atom is -0.376 e. The van der Waals surface area contributed by atoms with Crippen LogP contribution in [-0.2, 0) is 16.1 Å². The summed E-state index contributed by atoms with van der Waals surface area (Å²) in [4.78, 5) is 29.8. The van der Waals surface area contributed by atoms with Crippen LogP contribution >= 0.6 is 23.4 Å². The van der Waals surface area contributed by atoms with Crippen LogP contribution in [0.3, 0.4) is 0 Å². The Morgan fingerprint density at radius 2 is 2.33 bits per heavy atom. The van der Waals surface area contributed by atoms with E-state index in [-0.39, 0.29) is 29.4 Å². The van der Waals surface area contributed by atoms with Crippen LogP contribution < -0.4 is 10.9 Å². The highest BCUT2D eigenvalue weighted by molar-refractivity contribution is 7.99. The van der Waals surface area contributed by atoms with Gasteiger partial charge in [-0.15, -0.1) is 0 Å². The first-order valence-corrected chi connectivity index (χ1v) is 10.6. The van der Waals surface area contributed by atoms with Crippen LogP contribution in [0.5, 0.6) is 0 Å². The van der Waals surface area contributed by atoms with Crippen LogP contribution in [0.15, 0.2) is 28.2 Å². The van der Waals surface area contributed by atoms with E-state index in [0.29, 0.717) is 27.6 Å². The summed E-state index contributed by atoms with van der Waals surface area (Å²) in [5.74, 6) is 0.132. The Labute approximate surface area is 167 Å². The molecule has 0 bridgehead atoms. The van der Waals surface area contributed by atoms with Gasteiger partial charge >= 0.3 is 0 Å². The molecule has 1 saturated heterocycles. The van der Waals surface area contributed by atoms with Gasteiger partial charge in [-0.25, -0.2) is 4.98 Å². The first kappa shape index (κ1) is 20.2. The van der Waals surface area contributed by atoms with E-state index in [0.717, 1.165) is 25.9 Å². The van der Waals surface area contributed by atoms with Gasteiger partial charge in [0.25, 0.3) is 5.56 Å². The number of amides is 1. The van der Waals surface area contributed by atoms with Gasteiger partial charge < -0.3 is 10.1 Å². The molecule has 0 spiro atoms. The number of halogens is 1. The van der Waals surface area contributed by atoms with Crippen LogP contribution in [0.2, 0.25) is 5.02 Å². The Balaban J connectivity index is 1.90. The molecule has 0 radical (unpaired) electrons. The van der Waals surface area contributed by atoms with Crippen molar-refractivity contribution in [1.29, 1.82) is 0 Å². The van der Waals surface area contributed by atoms with Crippen molar-refractivity contribution in [3.8, 4) is 0 Å². The van der Waals surface area contributed by atoms with E-state index >= 15 is 0 Å². The normalized spacial score (nSPS) is 18.0. The summed E-state index contributed by atoms with van der Waals surface area (Å²) in [7, 11) is 0. The average molecular weight is 410 g/mol. The monoisotopic (exact) mass is 409 g/mol. The molecule has 8 heteroatoms. The van der Waals surface area contributed by atoms with Gasteiger partial charge in [0.15, 0.2) is 5.16 Å². The lowest BCUT2D eigenvalue weighted by atomic mass is 10.2. The summed E-state index contributed by atoms with van der Waals surface area (Å²) >= 11 is 7.33. The van der Waals surface area contributed by atoms with Crippen LogP contribution in [-0.4, -0.2) is 40.0 Å². The molecule has 1 aromatic carbocycles. The zero-order valence-electron chi connectivity index (χ0n) is 15.5. The number of carbonyl (C=O) groups is 1. The average Bonchev–Trinajstić information content (AvgIpc) is 3.15. The number of ether oxygens (including phenoxy) is 1.